The third-order valence-corrected chi connectivity index (χ3v) is 9.24. The Morgan fingerprint density at radius 3 is 2.74 bits per heavy atom. The lowest BCUT2D eigenvalue weighted by Gasteiger charge is -2.42. The van der Waals surface area contributed by atoms with Crippen molar-refractivity contribution in [3.05, 3.63) is 81.9 Å². The summed E-state index contributed by atoms with van der Waals surface area (Å²) in [6.45, 7) is 4.37. The number of carboxylic acid groups (broad SMARTS) is 1. The molecule has 0 spiro atoms. The second-order valence-corrected chi connectivity index (χ2v) is 12.0. The minimum atomic E-state index is -3.32. The van der Waals surface area contributed by atoms with Crippen molar-refractivity contribution < 1.29 is 23.7 Å². The maximum absolute atomic E-state index is 11.9. The first-order valence-corrected chi connectivity index (χ1v) is 14.0. The molecule has 11 heteroatoms. The van der Waals surface area contributed by atoms with Crippen LogP contribution in [-0.4, -0.2) is 52.1 Å². The Morgan fingerprint density at radius 2 is 1.97 bits per heavy atom. The quantitative estimate of drug-likeness (QED) is 0.271. The number of aromatic nitrogens is 3. The van der Waals surface area contributed by atoms with E-state index in [9.17, 15) is 19.0 Å². The third-order valence-electron chi connectivity index (χ3n) is 6.92. The molecule has 0 saturated heterocycles. The van der Waals surface area contributed by atoms with Crippen molar-refractivity contribution in [2.45, 2.75) is 43.7 Å². The van der Waals surface area contributed by atoms with Gasteiger partial charge in [-0.25, -0.2) is 4.68 Å². The van der Waals surface area contributed by atoms with Crippen LogP contribution < -0.4 is 4.74 Å². The number of carboxylic acids is 1. The highest BCUT2D eigenvalue weighted by Gasteiger charge is 2.34. The molecular weight excluding hydrogens is 528 g/mol. The van der Waals surface area contributed by atoms with E-state index in [-0.39, 0.29) is 19.1 Å². The van der Waals surface area contributed by atoms with Gasteiger partial charge in [0, 0.05) is 19.5 Å². The Kier molecular flexibility index (Phi) is 7.10. The molecule has 9 nitrogen and oxygen atoms in total. The van der Waals surface area contributed by atoms with Gasteiger partial charge in [-0.15, -0.1) is 15.9 Å². The molecule has 3 N–H and O–H groups in total. The van der Waals surface area contributed by atoms with Crippen LogP contribution in [0, 0.1) is 6.92 Å². The fraction of sp³-hybridized carbons (Fsp3) is 0.296. The van der Waals surface area contributed by atoms with E-state index in [1.54, 1.807) is 40.3 Å². The van der Waals surface area contributed by atoms with Crippen LogP contribution in [0.4, 0.5) is 0 Å². The lowest BCUT2D eigenvalue weighted by Crippen LogP contribution is -2.33. The molecule has 2 heterocycles. The second-order valence-electron chi connectivity index (χ2n) is 9.60. The minimum Gasteiger partial charge on any atom is -0.487 e. The molecule has 4 aromatic rings. The zero-order chi connectivity index (χ0) is 27.2. The number of carbonyl (C=O) groups is 1. The molecule has 200 valence electrons. The van der Waals surface area contributed by atoms with Crippen molar-refractivity contribution in [3.63, 3.8) is 0 Å². The Balaban J connectivity index is 1.54. The van der Waals surface area contributed by atoms with Gasteiger partial charge in [-0.3, -0.25) is 13.9 Å². The first kappa shape index (κ1) is 26.5. The molecule has 0 radical (unpaired) electrons. The molecule has 0 fully saturated rings. The Hall–Kier alpha value is -3.15. The van der Waals surface area contributed by atoms with Gasteiger partial charge < -0.3 is 9.84 Å². The average molecular weight is 557 g/mol. The van der Waals surface area contributed by atoms with Gasteiger partial charge in [0.25, 0.3) is 0 Å². The Morgan fingerprint density at radius 1 is 1.21 bits per heavy atom. The summed E-state index contributed by atoms with van der Waals surface area (Å²) < 4.78 is 31.9. The molecule has 38 heavy (non-hydrogen) atoms. The number of aliphatic carboxylic acids is 1. The van der Waals surface area contributed by atoms with E-state index in [2.05, 4.69) is 10.3 Å². The molecule has 3 aromatic carbocycles. The predicted octanol–water partition coefficient (Wildman–Crippen LogP) is 5.84. The van der Waals surface area contributed by atoms with E-state index in [0.717, 1.165) is 22.2 Å². The van der Waals surface area contributed by atoms with Crippen LogP contribution in [0.15, 0.2) is 59.5 Å². The standard InChI is InChI=1S/C27H29ClN4O5S/c1-16-8-9-18(21(13-25(33)34)20-10-11-22-27(26(20)28)29-30-31(22)3)12-19(16)15-32-14-17(2)37-23-6-4-5-7-24(23)38(32,35)36/h4-12,17,21,35-36H,13-15H2,1-3H3,(H,33,34). The maximum Gasteiger partial charge on any atom is 0.304 e. The van der Waals surface area contributed by atoms with E-state index in [4.69, 9.17) is 16.3 Å². The minimum absolute atomic E-state index is 0.175. The first-order valence-electron chi connectivity index (χ1n) is 12.1. The van der Waals surface area contributed by atoms with Crippen LogP contribution in [0.2, 0.25) is 5.02 Å². The van der Waals surface area contributed by atoms with Crippen molar-refractivity contribution in [1.82, 2.24) is 19.3 Å². The second kappa shape index (κ2) is 10.2. The maximum atomic E-state index is 11.9. The Labute approximate surface area is 227 Å². The number of ether oxygens (including phenoxy) is 1. The number of nitrogens with zero attached hydrogens (tertiary/aromatic N) is 4. The lowest BCUT2D eigenvalue weighted by molar-refractivity contribution is -0.137. The van der Waals surface area contributed by atoms with Gasteiger partial charge in [-0.2, -0.15) is 4.31 Å². The van der Waals surface area contributed by atoms with E-state index in [0.29, 0.717) is 33.3 Å². The fourth-order valence-electron chi connectivity index (χ4n) is 4.92. The number of fused-ring (bicyclic) bond motifs is 2. The van der Waals surface area contributed by atoms with Crippen molar-refractivity contribution in [1.29, 1.82) is 0 Å². The lowest BCUT2D eigenvalue weighted by atomic mass is 9.86. The van der Waals surface area contributed by atoms with Gasteiger partial charge in [0.05, 0.1) is 23.5 Å². The number of benzene rings is 3. The van der Waals surface area contributed by atoms with E-state index in [1.807, 2.05) is 44.2 Å². The van der Waals surface area contributed by atoms with Crippen molar-refractivity contribution in [2.75, 3.05) is 6.54 Å². The van der Waals surface area contributed by atoms with Crippen LogP contribution in [0.3, 0.4) is 0 Å². The number of hydrogen-bond donors (Lipinski definition) is 3. The molecule has 2 atom stereocenters. The normalized spacial score (nSPS) is 18.8. The Bertz CT molecular complexity index is 1520. The summed E-state index contributed by atoms with van der Waals surface area (Å²) in [5, 5.41) is 18.3. The highest BCUT2D eigenvalue weighted by molar-refractivity contribution is 8.22. The number of rotatable bonds is 6. The van der Waals surface area contributed by atoms with Gasteiger partial charge >= 0.3 is 5.97 Å². The van der Waals surface area contributed by atoms with Crippen molar-refractivity contribution >= 4 is 39.4 Å². The average Bonchev–Trinajstić information content (AvgIpc) is 3.21. The zero-order valence-electron chi connectivity index (χ0n) is 21.2. The number of halogens is 1. The van der Waals surface area contributed by atoms with Crippen molar-refractivity contribution in [3.8, 4) is 5.75 Å². The smallest absolute Gasteiger partial charge is 0.304 e. The number of aryl methyl sites for hydroxylation is 2. The number of para-hydroxylation sites is 1. The van der Waals surface area contributed by atoms with Gasteiger partial charge in [0.2, 0.25) is 0 Å². The SMILES string of the molecule is Cc1ccc(C(CC(=O)O)c2ccc3c(nnn3C)c2Cl)cc1CN1CC(C)Oc2ccccc2S1(O)O. The monoisotopic (exact) mass is 556 g/mol. The summed E-state index contributed by atoms with van der Waals surface area (Å²) in [6, 6.07) is 16.4. The van der Waals surface area contributed by atoms with Crippen LogP contribution in [0.5, 0.6) is 5.75 Å². The molecule has 1 aliphatic heterocycles. The summed E-state index contributed by atoms with van der Waals surface area (Å²) in [6.07, 6.45) is -0.448. The third kappa shape index (κ3) is 4.85. The molecule has 2 unspecified atom stereocenters. The van der Waals surface area contributed by atoms with Gasteiger partial charge in [0.15, 0.2) is 0 Å². The summed E-state index contributed by atoms with van der Waals surface area (Å²) in [5.74, 6) is -1.04. The van der Waals surface area contributed by atoms with E-state index in [1.165, 1.54) is 0 Å². The summed E-state index contributed by atoms with van der Waals surface area (Å²) >= 11 is 6.74. The number of hydrogen-bond acceptors (Lipinski definition) is 7. The summed E-state index contributed by atoms with van der Waals surface area (Å²) in [5.41, 5.74) is 4.46. The molecular formula is C27H29ClN4O5S. The summed E-state index contributed by atoms with van der Waals surface area (Å²) in [7, 11) is -1.56. The van der Waals surface area contributed by atoms with Crippen LogP contribution >= 0.6 is 22.4 Å². The van der Waals surface area contributed by atoms with Crippen LogP contribution in [-0.2, 0) is 18.4 Å². The fourth-order valence-corrected chi connectivity index (χ4v) is 6.91. The van der Waals surface area contributed by atoms with Crippen LogP contribution in [0.1, 0.15) is 41.5 Å². The first-order chi connectivity index (χ1) is 18.1. The predicted molar refractivity (Wildman–Crippen MR) is 147 cm³/mol. The van der Waals surface area contributed by atoms with Crippen molar-refractivity contribution in [2.24, 2.45) is 7.05 Å². The zero-order valence-corrected chi connectivity index (χ0v) is 22.8. The summed E-state index contributed by atoms with van der Waals surface area (Å²) in [4.78, 5) is 12.3. The van der Waals surface area contributed by atoms with Crippen LogP contribution in [0.25, 0.3) is 11.0 Å². The van der Waals surface area contributed by atoms with E-state index < -0.39 is 22.7 Å². The molecule has 1 aromatic heterocycles. The van der Waals surface area contributed by atoms with Gasteiger partial charge in [-0.1, -0.05) is 53.2 Å². The molecule has 1 aliphatic rings. The van der Waals surface area contributed by atoms with Gasteiger partial charge in [-0.05, 0) is 54.3 Å². The topological polar surface area (TPSA) is 121 Å². The molecule has 0 saturated carbocycles. The molecule has 5 rings (SSSR count). The molecule has 0 aliphatic carbocycles. The van der Waals surface area contributed by atoms with Gasteiger partial charge in [0.1, 0.15) is 22.3 Å². The highest BCUT2D eigenvalue weighted by Crippen LogP contribution is 2.57. The molecule has 0 amide bonds. The highest BCUT2D eigenvalue weighted by atomic mass is 35.5. The molecule has 0 bridgehead atoms. The van der Waals surface area contributed by atoms with E-state index >= 15 is 0 Å². The largest absolute Gasteiger partial charge is 0.487 e.